The van der Waals surface area contributed by atoms with Crippen molar-refractivity contribution in [1.82, 2.24) is 19.7 Å². The second-order valence-electron chi connectivity index (χ2n) is 7.72. The molecule has 8 nitrogen and oxygen atoms in total. The first kappa shape index (κ1) is 19.4. The second kappa shape index (κ2) is 6.99. The zero-order valence-corrected chi connectivity index (χ0v) is 16.6. The van der Waals surface area contributed by atoms with Crippen molar-refractivity contribution in [3.8, 4) is 0 Å². The van der Waals surface area contributed by atoms with Crippen molar-refractivity contribution >= 4 is 34.7 Å². The zero-order chi connectivity index (χ0) is 19.9. The summed E-state index contributed by atoms with van der Waals surface area (Å²) in [6, 6.07) is 0.0548. The van der Waals surface area contributed by atoms with Gasteiger partial charge in [0.2, 0.25) is 0 Å². The van der Waals surface area contributed by atoms with Crippen molar-refractivity contribution in [3.05, 3.63) is 22.5 Å². The van der Waals surface area contributed by atoms with Crippen molar-refractivity contribution in [2.24, 2.45) is 0 Å². The Kier molecular flexibility index (Phi) is 5.03. The van der Waals surface area contributed by atoms with Crippen molar-refractivity contribution in [2.75, 3.05) is 13.1 Å². The lowest BCUT2D eigenvalue weighted by atomic mass is 10.1. The van der Waals surface area contributed by atoms with Crippen LogP contribution in [0.4, 0.5) is 4.79 Å². The molecule has 0 saturated carbocycles. The first-order chi connectivity index (χ1) is 12.6. The number of aryl methyl sites for hydroxylation is 1. The fraction of sp³-hybridized carbons (Fsp3) is 0.556. The Morgan fingerprint density at radius 1 is 1.30 bits per heavy atom. The van der Waals surface area contributed by atoms with Crippen LogP contribution in [0.3, 0.4) is 0 Å². The molecule has 0 spiro atoms. The molecule has 2 aromatic heterocycles. The Labute approximate surface area is 162 Å². The van der Waals surface area contributed by atoms with Crippen molar-refractivity contribution < 1.29 is 19.4 Å². The van der Waals surface area contributed by atoms with Gasteiger partial charge >= 0.3 is 12.1 Å². The lowest BCUT2D eigenvalue weighted by molar-refractivity contribution is 0.0186. The number of aromatic nitrogens is 3. The smallest absolute Gasteiger partial charge is 0.410 e. The molecule has 3 rings (SSSR count). The molecule has 1 fully saturated rings. The molecule has 0 unspecified atom stereocenters. The normalized spacial score (nSPS) is 16.0. The monoisotopic (exact) mass is 394 g/mol. The Balaban J connectivity index is 1.81. The summed E-state index contributed by atoms with van der Waals surface area (Å²) in [6.45, 7) is 8.43. The molecule has 27 heavy (non-hydrogen) atoms. The van der Waals surface area contributed by atoms with Crippen LogP contribution in [0.2, 0.25) is 5.02 Å². The number of hydrogen-bond acceptors (Lipinski definition) is 5. The summed E-state index contributed by atoms with van der Waals surface area (Å²) >= 11 is 6.28. The molecule has 0 aromatic carbocycles. The molecule has 2 aromatic rings. The molecule has 0 atom stereocenters. The third-order valence-corrected chi connectivity index (χ3v) is 4.92. The minimum atomic E-state index is -1.12. The van der Waals surface area contributed by atoms with Crippen LogP contribution in [0.25, 0.3) is 11.0 Å². The maximum atomic E-state index is 12.2. The number of rotatable bonds is 2. The van der Waals surface area contributed by atoms with E-state index in [9.17, 15) is 14.7 Å². The largest absolute Gasteiger partial charge is 0.478 e. The zero-order valence-electron chi connectivity index (χ0n) is 15.8. The number of carboxylic acids is 1. The van der Waals surface area contributed by atoms with Gasteiger partial charge in [-0.1, -0.05) is 11.6 Å². The van der Waals surface area contributed by atoms with Gasteiger partial charge in [-0.15, -0.1) is 0 Å². The van der Waals surface area contributed by atoms with Crippen molar-refractivity contribution in [3.63, 3.8) is 0 Å². The fourth-order valence-corrected chi connectivity index (χ4v) is 3.61. The number of ether oxygens (including phenoxy) is 1. The van der Waals surface area contributed by atoms with E-state index in [0.717, 1.165) is 0 Å². The third-order valence-electron chi connectivity index (χ3n) is 4.52. The predicted molar refractivity (Wildman–Crippen MR) is 100 cm³/mol. The predicted octanol–water partition coefficient (Wildman–Crippen LogP) is 3.66. The van der Waals surface area contributed by atoms with E-state index in [0.29, 0.717) is 42.7 Å². The summed E-state index contributed by atoms with van der Waals surface area (Å²) in [6.07, 6.45) is 2.36. The first-order valence-corrected chi connectivity index (χ1v) is 9.21. The van der Waals surface area contributed by atoms with E-state index >= 15 is 0 Å². The molecular formula is C18H23ClN4O4. The van der Waals surface area contributed by atoms with Crippen LogP contribution in [-0.4, -0.2) is 55.5 Å². The van der Waals surface area contributed by atoms with Crippen LogP contribution in [0, 0.1) is 6.92 Å². The van der Waals surface area contributed by atoms with Gasteiger partial charge in [-0.25, -0.2) is 19.3 Å². The van der Waals surface area contributed by atoms with Crippen LogP contribution < -0.4 is 0 Å². The third kappa shape index (κ3) is 3.85. The number of nitrogens with zero attached hydrogens (tertiary/aromatic N) is 4. The second-order valence-corrected chi connectivity index (χ2v) is 8.10. The highest BCUT2D eigenvalue weighted by Crippen LogP contribution is 2.32. The summed E-state index contributed by atoms with van der Waals surface area (Å²) < 4.78 is 7.22. The number of halogens is 1. The molecular weight excluding hydrogens is 372 g/mol. The Morgan fingerprint density at radius 2 is 1.93 bits per heavy atom. The summed E-state index contributed by atoms with van der Waals surface area (Å²) in [5.74, 6) is -1.12. The highest BCUT2D eigenvalue weighted by atomic mass is 35.5. The van der Waals surface area contributed by atoms with E-state index in [1.807, 2.05) is 20.8 Å². The standard InChI is InChI=1S/C18H23ClN4O4/c1-10-13-14(19)12(16(24)25)9-20-15(13)23(21-10)11-5-7-22(8-6-11)17(26)27-18(2,3)4/h9,11H,5-8H2,1-4H3,(H,24,25). The lowest BCUT2D eigenvalue weighted by Gasteiger charge is -2.33. The molecule has 1 aliphatic heterocycles. The highest BCUT2D eigenvalue weighted by Gasteiger charge is 2.29. The van der Waals surface area contributed by atoms with E-state index in [1.54, 1.807) is 16.5 Å². The average molecular weight is 395 g/mol. The maximum absolute atomic E-state index is 12.2. The summed E-state index contributed by atoms with van der Waals surface area (Å²) in [5.41, 5.74) is 0.649. The number of carbonyl (C=O) groups is 2. The van der Waals surface area contributed by atoms with Crippen LogP contribution in [0.5, 0.6) is 0 Å². The van der Waals surface area contributed by atoms with Crippen molar-refractivity contribution in [2.45, 2.75) is 52.2 Å². The minimum absolute atomic E-state index is 0.0356. The first-order valence-electron chi connectivity index (χ1n) is 8.83. The van der Waals surface area contributed by atoms with Crippen LogP contribution >= 0.6 is 11.6 Å². The number of amides is 1. The molecule has 146 valence electrons. The van der Waals surface area contributed by atoms with E-state index in [-0.39, 0.29) is 22.7 Å². The van der Waals surface area contributed by atoms with Crippen LogP contribution in [0.1, 0.15) is 55.7 Å². The van der Waals surface area contributed by atoms with E-state index in [4.69, 9.17) is 16.3 Å². The fourth-order valence-electron chi connectivity index (χ4n) is 3.26. The Bertz CT molecular complexity index is 895. The quantitative estimate of drug-likeness (QED) is 0.834. The van der Waals surface area contributed by atoms with Gasteiger partial charge in [-0.05, 0) is 40.5 Å². The van der Waals surface area contributed by atoms with Crippen LogP contribution in [-0.2, 0) is 4.74 Å². The molecule has 0 bridgehead atoms. The summed E-state index contributed by atoms with van der Waals surface area (Å²) in [4.78, 5) is 29.5. The number of likely N-dealkylation sites (tertiary alicyclic amines) is 1. The summed E-state index contributed by atoms with van der Waals surface area (Å²) in [7, 11) is 0. The van der Waals surface area contributed by atoms with Gasteiger partial charge in [0.1, 0.15) is 5.60 Å². The number of hydrogen-bond donors (Lipinski definition) is 1. The van der Waals surface area contributed by atoms with Gasteiger partial charge in [0.25, 0.3) is 0 Å². The van der Waals surface area contributed by atoms with E-state index in [1.165, 1.54) is 6.20 Å². The van der Waals surface area contributed by atoms with Gasteiger partial charge in [0.15, 0.2) is 5.65 Å². The minimum Gasteiger partial charge on any atom is -0.478 e. The molecule has 1 aliphatic rings. The van der Waals surface area contributed by atoms with E-state index < -0.39 is 11.6 Å². The Hall–Kier alpha value is -2.35. The van der Waals surface area contributed by atoms with Gasteiger partial charge in [0.05, 0.1) is 27.7 Å². The lowest BCUT2D eigenvalue weighted by Crippen LogP contribution is -2.42. The number of carbonyl (C=O) groups excluding carboxylic acids is 1. The van der Waals surface area contributed by atoms with Gasteiger partial charge in [-0.2, -0.15) is 5.10 Å². The topological polar surface area (TPSA) is 97.5 Å². The SMILES string of the molecule is Cc1nn(C2CCN(C(=O)OC(C)(C)C)CC2)c2ncc(C(=O)O)c(Cl)c12. The number of pyridine rings is 1. The number of carboxylic acid groups (broad SMARTS) is 1. The number of piperidine rings is 1. The molecule has 1 saturated heterocycles. The van der Waals surface area contributed by atoms with Gasteiger partial charge in [0, 0.05) is 19.3 Å². The number of aromatic carboxylic acids is 1. The average Bonchev–Trinajstić information content (AvgIpc) is 2.91. The van der Waals surface area contributed by atoms with Gasteiger partial charge in [-0.3, -0.25) is 0 Å². The Morgan fingerprint density at radius 3 is 2.48 bits per heavy atom. The number of fused-ring (bicyclic) bond motifs is 1. The molecule has 3 heterocycles. The highest BCUT2D eigenvalue weighted by molar-refractivity contribution is 6.38. The van der Waals surface area contributed by atoms with Crippen LogP contribution in [0.15, 0.2) is 6.20 Å². The maximum Gasteiger partial charge on any atom is 0.410 e. The molecule has 0 radical (unpaired) electrons. The van der Waals surface area contributed by atoms with E-state index in [2.05, 4.69) is 10.1 Å². The van der Waals surface area contributed by atoms with Crippen molar-refractivity contribution in [1.29, 1.82) is 0 Å². The summed E-state index contributed by atoms with van der Waals surface area (Å²) in [5, 5.41) is 14.5. The van der Waals surface area contributed by atoms with Gasteiger partial charge < -0.3 is 14.7 Å². The molecule has 1 amide bonds. The molecule has 1 N–H and O–H groups in total. The molecule has 0 aliphatic carbocycles. The molecule has 9 heteroatoms.